The summed E-state index contributed by atoms with van der Waals surface area (Å²) in [5.74, 6) is -0.113. The molecule has 0 bridgehead atoms. The fraction of sp³-hybridized carbons (Fsp3) is 0.562. The second-order valence-electron chi connectivity index (χ2n) is 12.8. The molecule has 1 saturated heterocycles. The molecule has 0 N–H and O–H groups in total. The standard InChI is InChI=1S/C32H41ClF6N4O7S/c1-30(2,3)50-27(44)21-43(51(5,46)47)17-16-42(19-22-6-10-25(48-4)11-7-22)26-18-24(33)9-8-23(26)20-40-12-14-41(15-13-40)29(45)49-28(31(34,35)36)32(37,38)39/h6-11,18,28H,12-17,19-21H2,1-5H3. The summed E-state index contributed by atoms with van der Waals surface area (Å²) in [7, 11) is -2.34. The molecule has 0 atom stereocenters. The smallest absolute Gasteiger partial charge is 0.434 e. The van der Waals surface area contributed by atoms with E-state index in [4.69, 9.17) is 21.1 Å². The van der Waals surface area contributed by atoms with Crippen molar-refractivity contribution in [1.29, 1.82) is 0 Å². The zero-order valence-electron chi connectivity index (χ0n) is 28.7. The van der Waals surface area contributed by atoms with Crippen molar-refractivity contribution in [3.63, 3.8) is 0 Å². The molecule has 1 aliphatic rings. The molecule has 286 valence electrons. The maximum Gasteiger partial charge on any atom is 0.434 e. The van der Waals surface area contributed by atoms with Gasteiger partial charge in [0.1, 0.15) is 17.9 Å². The van der Waals surface area contributed by atoms with E-state index in [1.54, 1.807) is 51.1 Å². The Kier molecular flexibility index (Phi) is 13.9. The number of ether oxygens (including phenoxy) is 3. The van der Waals surface area contributed by atoms with Crippen LogP contribution in [-0.4, -0.2) is 118 Å². The molecule has 11 nitrogen and oxygen atoms in total. The Morgan fingerprint density at radius 3 is 2.02 bits per heavy atom. The average Bonchev–Trinajstić information content (AvgIpc) is 3.00. The highest BCUT2D eigenvalue weighted by molar-refractivity contribution is 7.88. The van der Waals surface area contributed by atoms with E-state index >= 15 is 0 Å². The highest BCUT2D eigenvalue weighted by Gasteiger charge is 2.60. The lowest BCUT2D eigenvalue weighted by atomic mass is 10.1. The molecule has 1 heterocycles. The van der Waals surface area contributed by atoms with Gasteiger partial charge in [0.25, 0.3) is 6.10 Å². The van der Waals surface area contributed by atoms with Crippen molar-refractivity contribution in [1.82, 2.24) is 14.1 Å². The van der Waals surface area contributed by atoms with Gasteiger partial charge in [-0.2, -0.15) is 30.6 Å². The van der Waals surface area contributed by atoms with E-state index in [0.29, 0.717) is 22.0 Å². The first-order valence-electron chi connectivity index (χ1n) is 15.6. The van der Waals surface area contributed by atoms with Crippen molar-refractivity contribution in [2.45, 2.75) is 57.9 Å². The monoisotopic (exact) mass is 774 g/mol. The van der Waals surface area contributed by atoms with Crippen LogP contribution < -0.4 is 9.64 Å². The molecule has 1 aliphatic heterocycles. The number of sulfonamides is 1. The number of carbonyl (C=O) groups is 2. The quantitative estimate of drug-likeness (QED) is 0.187. The van der Waals surface area contributed by atoms with Gasteiger partial charge in [0.15, 0.2) is 0 Å². The van der Waals surface area contributed by atoms with Crippen LogP contribution in [0.3, 0.4) is 0 Å². The molecule has 1 amide bonds. The third-order valence-corrected chi connectivity index (χ3v) is 9.06. The van der Waals surface area contributed by atoms with Crippen molar-refractivity contribution in [2.75, 3.05) is 64.1 Å². The van der Waals surface area contributed by atoms with E-state index in [9.17, 15) is 44.3 Å². The first-order valence-corrected chi connectivity index (χ1v) is 17.8. The molecule has 0 spiro atoms. The maximum absolute atomic E-state index is 12.9. The average molecular weight is 775 g/mol. The Balaban J connectivity index is 1.83. The fourth-order valence-electron chi connectivity index (χ4n) is 5.14. The minimum absolute atomic E-state index is 0.0917. The number of benzene rings is 2. The van der Waals surface area contributed by atoms with Crippen LogP contribution in [0.15, 0.2) is 42.5 Å². The lowest BCUT2D eigenvalue weighted by Gasteiger charge is -2.36. The summed E-state index contributed by atoms with van der Waals surface area (Å²) in [5, 5.41) is 0.360. The number of nitrogens with zero attached hydrogens (tertiary/aromatic N) is 4. The molecule has 51 heavy (non-hydrogen) atoms. The van der Waals surface area contributed by atoms with E-state index in [1.165, 1.54) is 7.11 Å². The molecule has 0 radical (unpaired) electrons. The first-order chi connectivity index (χ1) is 23.5. The van der Waals surface area contributed by atoms with Gasteiger partial charge in [-0.05, 0) is 56.2 Å². The number of anilines is 1. The molecule has 0 saturated carbocycles. The third kappa shape index (κ3) is 13.2. The number of esters is 1. The van der Waals surface area contributed by atoms with Crippen LogP contribution in [-0.2, 0) is 37.4 Å². The molecule has 0 aromatic heterocycles. The van der Waals surface area contributed by atoms with Crippen molar-refractivity contribution < 1.29 is 58.6 Å². The van der Waals surface area contributed by atoms with Gasteiger partial charge in [0.2, 0.25) is 10.0 Å². The lowest BCUT2D eigenvalue weighted by molar-refractivity contribution is -0.308. The number of amides is 1. The molecular weight excluding hydrogens is 734 g/mol. The number of rotatable bonds is 13. The van der Waals surface area contributed by atoms with Crippen LogP contribution in [0.2, 0.25) is 5.02 Å². The fourth-order valence-corrected chi connectivity index (χ4v) is 6.06. The Hall–Kier alpha value is -3.48. The molecule has 1 fully saturated rings. The SMILES string of the molecule is COc1ccc(CN(CCN(CC(=O)OC(C)(C)C)S(C)(=O)=O)c2cc(Cl)ccc2CN2CCN(C(=O)OC(C(F)(F)F)C(F)(F)F)CC2)cc1. The molecule has 19 heteroatoms. The summed E-state index contributed by atoms with van der Waals surface area (Å²) in [6.07, 6.45) is -16.6. The molecule has 2 aromatic rings. The van der Waals surface area contributed by atoms with E-state index in [1.807, 2.05) is 21.9 Å². The van der Waals surface area contributed by atoms with Crippen LogP contribution in [0, 0.1) is 0 Å². The third-order valence-electron chi connectivity index (χ3n) is 7.57. The Labute approximate surface area is 298 Å². The molecule has 0 aliphatic carbocycles. The van der Waals surface area contributed by atoms with Crippen LogP contribution in [0.5, 0.6) is 5.75 Å². The van der Waals surface area contributed by atoms with Crippen LogP contribution in [0.25, 0.3) is 0 Å². The van der Waals surface area contributed by atoms with Crippen molar-refractivity contribution in [3.8, 4) is 5.75 Å². The van der Waals surface area contributed by atoms with Gasteiger partial charge >= 0.3 is 24.4 Å². The highest BCUT2D eigenvalue weighted by Crippen LogP contribution is 2.36. The van der Waals surface area contributed by atoms with Crippen molar-refractivity contribution in [3.05, 3.63) is 58.6 Å². The van der Waals surface area contributed by atoms with E-state index in [2.05, 4.69) is 4.74 Å². The summed E-state index contributed by atoms with van der Waals surface area (Å²) in [6, 6.07) is 12.2. The summed E-state index contributed by atoms with van der Waals surface area (Å²) in [5.41, 5.74) is 1.29. The van der Waals surface area contributed by atoms with Gasteiger partial charge < -0.3 is 24.0 Å². The second-order valence-corrected chi connectivity index (χ2v) is 15.3. The number of hydrogen-bond acceptors (Lipinski definition) is 9. The predicted molar refractivity (Wildman–Crippen MR) is 177 cm³/mol. The minimum Gasteiger partial charge on any atom is -0.497 e. The normalized spacial score (nSPS) is 14.9. The van der Waals surface area contributed by atoms with Crippen molar-refractivity contribution >= 4 is 39.4 Å². The lowest BCUT2D eigenvalue weighted by Crippen LogP contribution is -2.52. The first kappa shape index (κ1) is 41.9. The van der Waals surface area contributed by atoms with Gasteiger partial charge in [-0.15, -0.1) is 0 Å². The zero-order chi connectivity index (χ0) is 38.4. The summed E-state index contributed by atoms with van der Waals surface area (Å²) < 4.78 is 118. The summed E-state index contributed by atoms with van der Waals surface area (Å²) in [4.78, 5) is 29.4. The zero-order valence-corrected chi connectivity index (χ0v) is 30.3. The van der Waals surface area contributed by atoms with E-state index in [-0.39, 0.29) is 52.4 Å². The molecule has 2 aromatic carbocycles. The van der Waals surface area contributed by atoms with Gasteiger partial charge in [0, 0.05) is 63.1 Å². The van der Waals surface area contributed by atoms with E-state index < -0.39 is 52.7 Å². The maximum atomic E-state index is 12.9. The largest absolute Gasteiger partial charge is 0.497 e. The van der Waals surface area contributed by atoms with Gasteiger partial charge in [-0.1, -0.05) is 29.8 Å². The number of hydrogen-bond donors (Lipinski definition) is 0. The summed E-state index contributed by atoms with van der Waals surface area (Å²) >= 11 is 6.43. The van der Waals surface area contributed by atoms with Crippen LogP contribution in [0.4, 0.5) is 36.8 Å². The molecule has 3 rings (SSSR count). The van der Waals surface area contributed by atoms with Gasteiger partial charge in [0.05, 0.1) is 13.4 Å². The molecule has 0 unspecified atom stereocenters. The second kappa shape index (κ2) is 16.9. The Morgan fingerprint density at radius 1 is 0.922 bits per heavy atom. The van der Waals surface area contributed by atoms with Gasteiger partial charge in [-0.3, -0.25) is 9.69 Å². The minimum atomic E-state index is -5.83. The van der Waals surface area contributed by atoms with Crippen LogP contribution >= 0.6 is 11.6 Å². The topological polar surface area (TPSA) is 109 Å². The molecular formula is C32H41ClF6N4O7S. The number of methoxy groups -OCH3 is 1. The van der Waals surface area contributed by atoms with Crippen LogP contribution in [0.1, 0.15) is 31.9 Å². The van der Waals surface area contributed by atoms with E-state index in [0.717, 1.165) is 21.0 Å². The van der Waals surface area contributed by atoms with Crippen molar-refractivity contribution in [2.24, 2.45) is 0 Å². The number of alkyl halides is 6. The number of carbonyl (C=O) groups excluding carboxylic acids is 2. The number of halogens is 7. The highest BCUT2D eigenvalue weighted by atomic mass is 35.5. The van der Waals surface area contributed by atoms with Gasteiger partial charge in [-0.25, -0.2) is 13.2 Å². The Morgan fingerprint density at radius 2 is 1.51 bits per heavy atom. The number of piperazine rings is 1. The predicted octanol–water partition coefficient (Wildman–Crippen LogP) is 5.71. The Bertz CT molecular complexity index is 1580. The summed E-state index contributed by atoms with van der Waals surface area (Å²) in [6.45, 7) is 4.73.